The molecule has 0 aliphatic rings. The van der Waals surface area contributed by atoms with Crippen molar-refractivity contribution in [3.05, 3.63) is 72.6 Å². The molecular weight excluding hydrogens is 298 g/mol. The molecule has 0 fully saturated rings. The minimum Gasteiger partial charge on any atom is -0.324 e. The highest BCUT2D eigenvalue weighted by atomic mass is 15.1. The first-order valence-electron chi connectivity index (χ1n) is 7.67. The van der Waals surface area contributed by atoms with Crippen molar-refractivity contribution in [3.63, 3.8) is 0 Å². The van der Waals surface area contributed by atoms with Crippen LogP contribution in [0.5, 0.6) is 0 Å². The van der Waals surface area contributed by atoms with Crippen LogP contribution in [0.1, 0.15) is 5.56 Å². The maximum atomic E-state index is 4.66. The summed E-state index contributed by atoms with van der Waals surface area (Å²) >= 11 is 0. The van der Waals surface area contributed by atoms with Crippen molar-refractivity contribution >= 4 is 22.5 Å². The summed E-state index contributed by atoms with van der Waals surface area (Å²) in [6.45, 7) is 2.01. The number of benzene rings is 1. The van der Waals surface area contributed by atoms with E-state index in [1.165, 1.54) is 0 Å². The highest BCUT2D eigenvalue weighted by molar-refractivity contribution is 5.91. The Bertz CT molecular complexity index is 981. The van der Waals surface area contributed by atoms with Gasteiger partial charge in [-0.3, -0.25) is 4.98 Å². The second kappa shape index (κ2) is 6.04. The van der Waals surface area contributed by atoms with Crippen LogP contribution >= 0.6 is 0 Å². The molecule has 0 amide bonds. The Morgan fingerprint density at radius 1 is 0.833 bits per heavy atom. The molecule has 116 valence electrons. The van der Waals surface area contributed by atoms with E-state index in [9.17, 15) is 0 Å². The molecule has 1 N–H and O–H groups in total. The van der Waals surface area contributed by atoms with Crippen molar-refractivity contribution in [1.82, 2.24) is 19.9 Å². The average Bonchev–Trinajstić information content (AvgIpc) is 2.64. The van der Waals surface area contributed by atoms with Gasteiger partial charge in [-0.25, -0.2) is 15.0 Å². The smallest absolute Gasteiger partial charge is 0.180 e. The maximum Gasteiger partial charge on any atom is 0.180 e. The van der Waals surface area contributed by atoms with E-state index in [1.54, 1.807) is 6.20 Å². The first-order chi connectivity index (χ1) is 11.8. The van der Waals surface area contributed by atoms with E-state index in [4.69, 9.17) is 0 Å². The normalized spacial score (nSPS) is 10.7. The van der Waals surface area contributed by atoms with E-state index < -0.39 is 0 Å². The summed E-state index contributed by atoms with van der Waals surface area (Å²) in [5.41, 5.74) is 2.72. The number of fused-ring (bicyclic) bond motifs is 1. The number of rotatable bonds is 3. The molecule has 3 heterocycles. The fourth-order valence-electron chi connectivity index (χ4n) is 2.44. The number of hydrogen-bond donors (Lipinski definition) is 1. The molecule has 0 bridgehead atoms. The predicted octanol–water partition coefficient (Wildman–Crippen LogP) is 4.14. The third-order valence-corrected chi connectivity index (χ3v) is 3.66. The second-order valence-electron chi connectivity index (χ2n) is 5.47. The molecule has 1 aromatic carbocycles. The summed E-state index contributed by atoms with van der Waals surface area (Å²) < 4.78 is 0. The van der Waals surface area contributed by atoms with Crippen LogP contribution in [0.25, 0.3) is 22.4 Å². The quantitative estimate of drug-likeness (QED) is 0.616. The number of pyridine rings is 2. The van der Waals surface area contributed by atoms with E-state index in [0.717, 1.165) is 33.8 Å². The van der Waals surface area contributed by atoms with Gasteiger partial charge in [0, 0.05) is 17.8 Å². The largest absolute Gasteiger partial charge is 0.324 e. The second-order valence-corrected chi connectivity index (χ2v) is 5.47. The monoisotopic (exact) mass is 313 g/mol. The molecule has 0 aliphatic carbocycles. The van der Waals surface area contributed by atoms with Gasteiger partial charge >= 0.3 is 0 Å². The molecule has 0 spiro atoms. The van der Waals surface area contributed by atoms with Crippen molar-refractivity contribution in [2.75, 3.05) is 5.32 Å². The summed E-state index contributed by atoms with van der Waals surface area (Å²) in [5.74, 6) is 2.05. The molecule has 0 atom stereocenters. The molecule has 0 radical (unpaired) electrons. The van der Waals surface area contributed by atoms with Gasteiger partial charge in [0.1, 0.15) is 17.3 Å². The Labute approximate surface area is 139 Å². The molecule has 0 aliphatic heterocycles. The summed E-state index contributed by atoms with van der Waals surface area (Å²) in [6.07, 6.45) is 3.56. The van der Waals surface area contributed by atoms with E-state index in [2.05, 4.69) is 25.3 Å². The average molecular weight is 313 g/mol. The molecule has 4 rings (SSSR count). The van der Waals surface area contributed by atoms with E-state index in [0.29, 0.717) is 5.82 Å². The van der Waals surface area contributed by atoms with Gasteiger partial charge in [0.2, 0.25) is 0 Å². The van der Waals surface area contributed by atoms with E-state index in [1.807, 2.05) is 67.7 Å². The summed E-state index contributed by atoms with van der Waals surface area (Å²) in [7, 11) is 0. The number of para-hydroxylation sites is 1. The summed E-state index contributed by atoms with van der Waals surface area (Å²) in [6, 6.07) is 17.6. The lowest BCUT2D eigenvalue weighted by Crippen LogP contribution is -2.01. The first-order valence-corrected chi connectivity index (χ1v) is 7.67. The lowest BCUT2D eigenvalue weighted by atomic mass is 10.2. The molecule has 24 heavy (non-hydrogen) atoms. The van der Waals surface area contributed by atoms with Gasteiger partial charge in [-0.05, 0) is 42.8 Å². The van der Waals surface area contributed by atoms with Crippen molar-refractivity contribution < 1.29 is 0 Å². The van der Waals surface area contributed by atoms with Gasteiger partial charge in [0.15, 0.2) is 5.82 Å². The fourth-order valence-corrected chi connectivity index (χ4v) is 2.44. The number of aryl methyl sites for hydroxylation is 1. The molecule has 0 unspecified atom stereocenters. The first kappa shape index (κ1) is 14.3. The van der Waals surface area contributed by atoms with Crippen LogP contribution in [0, 0.1) is 6.92 Å². The molecule has 5 nitrogen and oxygen atoms in total. The van der Waals surface area contributed by atoms with Gasteiger partial charge < -0.3 is 5.32 Å². The van der Waals surface area contributed by atoms with Crippen molar-refractivity contribution in [1.29, 1.82) is 0 Å². The molecule has 0 saturated carbocycles. The number of anilines is 2. The van der Waals surface area contributed by atoms with Gasteiger partial charge in [-0.2, -0.15) is 0 Å². The molecule has 3 aromatic heterocycles. The lowest BCUT2D eigenvalue weighted by molar-refractivity contribution is 1.16. The predicted molar refractivity (Wildman–Crippen MR) is 95.0 cm³/mol. The van der Waals surface area contributed by atoms with Gasteiger partial charge in [-0.1, -0.05) is 24.3 Å². The van der Waals surface area contributed by atoms with Crippen LogP contribution in [0.15, 0.2) is 67.0 Å². The molecule has 5 heteroatoms. The number of hydrogen-bond acceptors (Lipinski definition) is 5. The number of nitrogens with one attached hydrogen (secondary N) is 1. The zero-order valence-corrected chi connectivity index (χ0v) is 13.1. The van der Waals surface area contributed by atoms with E-state index >= 15 is 0 Å². The minimum atomic E-state index is 0.587. The highest BCUT2D eigenvalue weighted by Gasteiger charge is 2.10. The Morgan fingerprint density at radius 2 is 1.71 bits per heavy atom. The standard InChI is InChI=1S/C19H15N5/c1-13-9-10-17(21-12-13)23-18-14-6-2-3-7-15(14)22-19(24-18)16-8-4-5-11-20-16/h2-12H,1H3,(H,21,22,23,24). The number of nitrogens with zero attached hydrogens (tertiary/aromatic N) is 4. The third kappa shape index (κ3) is 2.79. The van der Waals surface area contributed by atoms with Crippen LogP contribution in [0.3, 0.4) is 0 Å². The molecule has 4 aromatic rings. The molecule has 0 saturated heterocycles. The van der Waals surface area contributed by atoms with Crippen LogP contribution < -0.4 is 5.32 Å². The third-order valence-electron chi connectivity index (χ3n) is 3.66. The minimum absolute atomic E-state index is 0.587. The Morgan fingerprint density at radius 3 is 2.50 bits per heavy atom. The molecular formula is C19H15N5. The highest BCUT2D eigenvalue weighted by Crippen LogP contribution is 2.25. The topological polar surface area (TPSA) is 63.6 Å². The zero-order chi connectivity index (χ0) is 16.4. The van der Waals surface area contributed by atoms with Crippen LogP contribution in [-0.2, 0) is 0 Å². The Kier molecular flexibility index (Phi) is 3.59. The van der Waals surface area contributed by atoms with Crippen LogP contribution in [0.4, 0.5) is 11.6 Å². The van der Waals surface area contributed by atoms with Gasteiger partial charge in [0.05, 0.1) is 5.52 Å². The van der Waals surface area contributed by atoms with Crippen molar-refractivity contribution in [3.8, 4) is 11.5 Å². The Balaban J connectivity index is 1.85. The number of aromatic nitrogens is 4. The van der Waals surface area contributed by atoms with Crippen molar-refractivity contribution in [2.24, 2.45) is 0 Å². The SMILES string of the molecule is Cc1ccc(Nc2nc(-c3ccccn3)nc3ccccc23)nc1. The van der Waals surface area contributed by atoms with E-state index in [-0.39, 0.29) is 0 Å². The summed E-state index contributed by atoms with van der Waals surface area (Å²) in [4.78, 5) is 18.0. The van der Waals surface area contributed by atoms with Gasteiger partial charge in [-0.15, -0.1) is 0 Å². The fraction of sp³-hybridized carbons (Fsp3) is 0.0526. The zero-order valence-electron chi connectivity index (χ0n) is 13.1. The Hall–Kier alpha value is -3.34. The maximum absolute atomic E-state index is 4.66. The van der Waals surface area contributed by atoms with Crippen LogP contribution in [0.2, 0.25) is 0 Å². The van der Waals surface area contributed by atoms with Crippen LogP contribution in [-0.4, -0.2) is 19.9 Å². The lowest BCUT2D eigenvalue weighted by Gasteiger charge is -2.10. The van der Waals surface area contributed by atoms with Gasteiger partial charge in [0.25, 0.3) is 0 Å². The summed E-state index contributed by atoms with van der Waals surface area (Å²) in [5, 5.41) is 4.24. The van der Waals surface area contributed by atoms with Crippen molar-refractivity contribution in [2.45, 2.75) is 6.92 Å².